The van der Waals surface area contributed by atoms with E-state index in [-0.39, 0.29) is 5.91 Å². The molecule has 1 heterocycles. The maximum atomic E-state index is 11.3. The minimum absolute atomic E-state index is 0.0692. The highest BCUT2D eigenvalue weighted by atomic mass is 16.5. The maximum absolute atomic E-state index is 11.3. The summed E-state index contributed by atoms with van der Waals surface area (Å²) in [7, 11) is 0. The second-order valence-corrected chi connectivity index (χ2v) is 4.54. The quantitative estimate of drug-likeness (QED) is 0.810. The summed E-state index contributed by atoms with van der Waals surface area (Å²) in [6.45, 7) is 0. The van der Waals surface area contributed by atoms with E-state index >= 15 is 0 Å². The first kappa shape index (κ1) is 11.6. The van der Waals surface area contributed by atoms with Crippen LogP contribution in [0.1, 0.15) is 12.0 Å². The Labute approximate surface area is 111 Å². The Kier molecular flexibility index (Phi) is 2.83. The van der Waals surface area contributed by atoms with Gasteiger partial charge in [-0.05, 0) is 54.4 Å². The van der Waals surface area contributed by atoms with E-state index < -0.39 is 0 Å². The summed E-state index contributed by atoms with van der Waals surface area (Å²) >= 11 is 0. The van der Waals surface area contributed by atoms with Crippen LogP contribution in [0, 0.1) is 0 Å². The second kappa shape index (κ2) is 4.65. The molecule has 1 aliphatic heterocycles. The fraction of sp³-hybridized carbons (Fsp3) is 0.133. The zero-order chi connectivity index (χ0) is 13.2. The highest BCUT2D eigenvalue weighted by Gasteiger charge is 2.15. The third kappa shape index (κ3) is 2.52. The summed E-state index contributed by atoms with van der Waals surface area (Å²) < 4.78 is 5.76. The molecule has 0 saturated carbocycles. The predicted molar refractivity (Wildman–Crippen MR) is 74.3 cm³/mol. The van der Waals surface area contributed by atoms with Gasteiger partial charge in [0.25, 0.3) is 0 Å². The van der Waals surface area contributed by atoms with Crippen LogP contribution in [0.3, 0.4) is 0 Å². The SMILES string of the molecule is Nc1ccc(Oc2ccc3c(c2)CCC(=O)N3)cc1. The molecule has 1 amide bonds. The summed E-state index contributed by atoms with van der Waals surface area (Å²) in [5, 5.41) is 2.85. The number of anilines is 2. The minimum atomic E-state index is 0.0692. The molecule has 0 fully saturated rings. The number of nitrogen functional groups attached to an aromatic ring is 1. The molecule has 2 aromatic rings. The monoisotopic (exact) mass is 254 g/mol. The van der Waals surface area contributed by atoms with E-state index in [1.807, 2.05) is 30.3 Å². The molecule has 0 spiro atoms. The topological polar surface area (TPSA) is 64.3 Å². The van der Waals surface area contributed by atoms with E-state index in [0.29, 0.717) is 12.1 Å². The van der Waals surface area contributed by atoms with Gasteiger partial charge in [-0.3, -0.25) is 4.79 Å². The Morgan fingerprint density at radius 1 is 1.00 bits per heavy atom. The van der Waals surface area contributed by atoms with Gasteiger partial charge < -0.3 is 15.8 Å². The molecule has 0 atom stereocenters. The number of amides is 1. The molecule has 0 aromatic heterocycles. The standard InChI is InChI=1S/C15H14N2O2/c16-11-2-4-12(5-3-11)19-13-6-7-14-10(9-13)1-8-15(18)17-14/h2-7,9H,1,8,16H2,(H,17,18). The first-order valence-electron chi connectivity index (χ1n) is 6.17. The number of nitrogens with two attached hydrogens (primary N) is 1. The van der Waals surface area contributed by atoms with Gasteiger partial charge >= 0.3 is 0 Å². The summed E-state index contributed by atoms with van der Waals surface area (Å²) in [6, 6.07) is 12.9. The van der Waals surface area contributed by atoms with E-state index in [1.54, 1.807) is 12.1 Å². The van der Waals surface area contributed by atoms with E-state index in [4.69, 9.17) is 10.5 Å². The minimum Gasteiger partial charge on any atom is -0.457 e. The van der Waals surface area contributed by atoms with Crippen LogP contribution >= 0.6 is 0 Å². The van der Waals surface area contributed by atoms with E-state index in [2.05, 4.69) is 5.32 Å². The van der Waals surface area contributed by atoms with Crippen LogP contribution in [0.15, 0.2) is 42.5 Å². The van der Waals surface area contributed by atoms with Gasteiger partial charge in [0.1, 0.15) is 11.5 Å². The lowest BCUT2D eigenvalue weighted by atomic mass is 10.0. The van der Waals surface area contributed by atoms with Gasteiger partial charge in [-0.15, -0.1) is 0 Å². The van der Waals surface area contributed by atoms with Crippen LogP contribution in [-0.2, 0) is 11.2 Å². The Hall–Kier alpha value is -2.49. The third-order valence-corrected chi connectivity index (χ3v) is 3.09. The van der Waals surface area contributed by atoms with Gasteiger partial charge in [0.2, 0.25) is 5.91 Å². The van der Waals surface area contributed by atoms with Crippen LogP contribution in [0.5, 0.6) is 11.5 Å². The number of ether oxygens (including phenoxy) is 1. The normalized spacial score (nSPS) is 13.6. The highest BCUT2D eigenvalue weighted by Crippen LogP contribution is 2.29. The van der Waals surface area contributed by atoms with Crippen molar-refractivity contribution < 1.29 is 9.53 Å². The van der Waals surface area contributed by atoms with Crippen molar-refractivity contribution in [3.63, 3.8) is 0 Å². The van der Waals surface area contributed by atoms with Gasteiger partial charge in [0.15, 0.2) is 0 Å². The fourth-order valence-electron chi connectivity index (χ4n) is 2.10. The summed E-state index contributed by atoms with van der Waals surface area (Å²) in [6.07, 6.45) is 1.28. The first-order valence-corrected chi connectivity index (χ1v) is 6.17. The van der Waals surface area contributed by atoms with E-state index in [0.717, 1.165) is 29.2 Å². The number of carbonyl (C=O) groups is 1. The van der Waals surface area contributed by atoms with Crippen molar-refractivity contribution in [3.05, 3.63) is 48.0 Å². The fourth-order valence-corrected chi connectivity index (χ4v) is 2.10. The molecule has 3 rings (SSSR count). The van der Waals surface area contributed by atoms with Crippen molar-refractivity contribution in [3.8, 4) is 11.5 Å². The molecule has 0 aliphatic carbocycles. The molecular formula is C15H14N2O2. The highest BCUT2D eigenvalue weighted by molar-refractivity contribution is 5.94. The van der Waals surface area contributed by atoms with Crippen molar-refractivity contribution >= 4 is 17.3 Å². The molecule has 1 aliphatic rings. The smallest absolute Gasteiger partial charge is 0.224 e. The molecule has 0 unspecified atom stereocenters. The second-order valence-electron chi connectivity index (χ2n) is 4.54. The summed E-state index contributed by atoms with van der Waals surface area (Å²) in [5.41, 5.74) is 8.32. The molecule has 4 nitrogen and oxygen atoms in total. The number of hydrogen-bond donors (Lipinski definition) is 2. The number of nitrogens with one attached hydrogen (secondary N) is 1. The number of carbonyl (C=O) groups excluding carboxylic acids is 1. The van der Waals surface area contributed by atoms with Crippen LogP contribution in [0.25, 0.3) is 0 Å². The largest absolute Gasteiger partial charge is 0.457 e. The zero-order valence-corrected chi connectivity index (χ0v) is 10.3. The van der Waals surface area contributed by atoms with Gasteiger partial charge in [-0.25, -0.2) is 0 Å². The molecule has 0 radical (unpaired) electrons. The van der Waals surface area contributed by atoms with Gasteiger partial charge in [0.05, 0.1) is 0 Å². The molecule has 2 aromatic carbocycles. The molecule has 0 saturated heterocycles. The third-order valence-electron chi connectivity index (χ3n) is 3.09. The molecule has 96 valence electrons. The van der Waals surface area contributed by atoms with Gasteiger partial charge in [0, 0.05) is 17.8 Å². The van der Waals surface area contributed by atoms with E-state index in [1.165, 1.54) is 0 Å². The summed E-state index contributed by atoms with van der Waals surface area (Å²) in [5.74, 6) is 1.58. The molecule has 4 heteroatoms. The van der Waals surface area contributed by atoms with Crippen molar-refractivity contribution in [2.45, 2.75) is 12.8 Å². The molecule has 3 N–H and O–H groups in total. The average molecular weight is 254 g/mol. The van der Waals surface area contributed by atoms with Crippen LogP contribution in [0.4, 0.5) is 11.4 Å². The number of rotatable bonds is 2. The van der Waals surface area contributed by atoms with Gasteiger partial charge in [-0.1, -0.05) is 0 Å². The Morgan fingerprint density at radius 2 is 1.74 bits per heavy atom. The Balaban J connectivity index is 1.82. The Morgan fingerprint density at radius 3 is 2.53 bits per heavy atom. The van der Waals surface area contributed by atoms with Crippen LogP contribution in [-0.4, -0.2) is 5.91 Å². The molecule has 0 bridgehead atoms. The average Bonchev–Trinajstić information content (AvgIpc) is 2.42. The lowest BCUT2D eigenvalue weighted by Gasteiger charge is -2.17. The zero-order valence-electron chi connectivity index (χ0n) is 10.3. The Bertz CT molecular complexity index is 621. The number of benzene rings is 2. The van der Waals surface area contributed by atoms with Gasteiger partial charge in [-0.2, -0.15) is 0 Å². The van der Waals surface area contributed by atoms with Crippen molar-refractivity contribution in [2.75, 3.05) is 11.1 Å². The van der Waals surface area contributed by atoms with Crippen molar-refractivity contribution in [1.29, 1.82) is 0 Å². The van der Waals surface area contributed by atoms with Crippen LogP contribution in [0.2, 0.25) is 0 Å². The van der Waals surface area contributed by atoms with Crippen LogP contribution < -0.4 is 15.8 Å². The maximum Gasteiger partial charge on any atom is 0.224 e. The van der Waals surface area contributed by atoms with E-state index in [9.17, 15) is 4.79 Å². The van der Waals surface area contributed by atoms with Crippen molar-refractivity contribution in [1.82, 2.24) is 0 Å². The first-order chi connectivity index (χ1) is 9.20. The predicted octanol–water partition coefficient (Wildman–Crippen LogP) is 2.95. The number of aryl methyl sites for hydroxylation is 1. The lowest BCUT2D eigenvalue weighted by molar-refractivity contribution is -0.116. The summed E-state index contributed by atoms with van der Waals surface area (Å²) in [4.78, 5) is 11.3. The van der Waals surface area contributed by atoms with Crippen molar-refractivity contribution in [2.24, 2.45) is 0 Å². The molecular weight excluding hydrogens is 240 g/mol. The lowest BCUT2D eigenvalue weighted by Crippen LogP contribution is -2.18. The molecule has 19 heavy (non-hydrogen) atoms. The number of hydrogen-bond acceptors (Lipinski definition) is 3. The number of fused-ring (bicyclic) bond motifs is 1.